The molecule has 0 radical (unpaired) electrons. The molecule has 0 heterocycles. The summed E-state index contributed by atoms with van der Waals surface area (Å²) in [5.74, 6) is 0.330. The van der Waals surface area contributed by atoms with Crippen molar-refractivity contribution < 1.29 is 19.4 Å². The van der Waals surface area contributed by atoms with Gasteiger partial charge in [0.1, 0.15) is 11.5 Å². The predicted molar refractivity (Wildman–Crippen MR) is 76.2 cm³/mol. The number of hydrogen-bond acceptors (Lipinski definition) is 4. The molecule has 0 aliphatic heterocycles. The van der Waals surface area contributed by atoms with Crippen molar-refractivity contribution in [1.82, 2.24) is 0 Å². The minimum Gasteiger partial charge on any atom is -0.508 e. The molecule has 2 rings (SSSR count). The normalized spacial score (nSPS) is 10.2. The maximum absolute atomic E-state index is 11.8. The molecule has 104 valence electrons. The topological polar surface area (TPSA) is 55.8 Å². The molecule has 0 saturated carbocycles. The van der Waals surface area contributed by atoms with E-state index in [0.717, 1.165) is 16.9 Å². The van der Waals surface area contributed by atoms with Crippen molar-refractivity contribution in [2.24, 2.45) is 0 Å². The SMILES string of the molecule is COC(=O)c1cc(O)ccc1-c1ccc(OC)c(C)c1. The fraction of sp³-hybridized carbons (Fsp3) is 0.188. The van der Waals surface area contributed by atoms with Gasteiger partial charge in [0, 0.05) is 0 Å². The molecule has 4 heteroatoms. The number of benzene rings is 2. The highest BCUT2D eigenvalue weighted by Gasteiger charge is 2.15. The van der Waals surface area contributed by atoms with Gasteiger partial charge in [0.05, 0.1) is 19.8 Å². The van der Waals surface area contributed by atoms with E-state index in [1.165, 1.54) is 13.2 Å². The molecular formula is C16H16O4. The van der Waals surface area contributed by atoms with Gasteiger partial charge in [0.15, 0.2) is 0 Å². The number of aromatic hydroxyl groups is 1. The Bertz CT molecular complexity index is 647. The van der Waals surface area contributed by atoms with Crippen LogP contribution in [0.25, 0.3) is 11.1 Å². The summed E-state index contributed by atoms with van der Waals surface area (Å²) in [6.45, 7) is 1.93. The molecule has 0 spiro atoms. The monoisotopic (exact) mass is 272 g/mol. The van der Waals surface area contributed by atoms with E-state index in [4.69, 9.17) is 9.47 Å². The molecular weight excluding hydrogens is 256 g/mol. The van der Waals surface area contributed by atoms with Gasteiger partial charge in [-0.2, -0.15) is 0 Å². The van der Waals surface area contributed by atoms with E-state index in [1.807, 2.05) is 25.1 Å². The lowest BCUT2D eigenvalue weighted by atomic mass is 9.97. The Morgan fingerprint density at radius 1 is 1.10 bits per heavy atom. The molecule has 0 aliphatic carbocycles. The predicted octanol–water partition coefficient (Wildman–Crippen LogP) is 3.16. The Balaban J connectivity index is 2.57. The molecule has 0 atom stereocenters. The van der Waals surface area contributed by atoms with Crippen LogP contribution in [0.3, 0.4) is 0 Å². The Labute approximate surface area is 117 Å². The van der Waals surface area contributed by atoms with Gasteiger partial charge < -0.3 is 14.6 Å². The summed E-state index contributed by atoms with van der Waals surface area (Å²) in [6, 6.07) is 10.3. The Hall–Kier alpha value is -2.49. The van der Waals surface area contributed by atoms with Gasteiger partial charge in [0.2, 0.25) is 0 Å². The number of hydrogen-bond donors (Lipinski definition) is 1. The van der Waals surface area contributed by atoms with Crippen LogP contribution in [0.1, 0.15) is 15.9 Å². The first kappa shape index (κ1) is 13.9. The molecule has 4 nitrogen and oxygen atoms in total. The Morgan fingerprint density at radius 2 is 1.85 bits per heavy atom. The summed E-state index contributed by atoms with van der Waals surface area (Å²) in [6.07, 6.45) is 0. The second kappa shape index (κ2) is 5.65. The molecule has 2 aromatic rings. The van der Waals surface area contributed by atoms with E-state index >= 15 is 0 Å². The maximum atomic E-state index is 11.8. The lowest BCUT2D eigenvalue weighted by Gasteiger charge is -2.11. The van der Waals surface area contributed by atoms with Crippen molar-refractivity contribution in [2.75, 3.05) is 14.2 Å². The highest BCUT2D eigenvalue weighted by atomic mass is 16.5. The van der Waals surface area contributed by atoms with Crippen LogP contribution in [-0.2, 0) is 4.74 Å². The van der Waals surface area contributed by atoms with Crippen LogP contribution in [-0.4, -0.2) is 25.3 Å². The number of phenols is 1. The highest BCUT2D eigenvalue weighted by molar-refractivity contribution is 5.97. The molecule has 0 saturated heterocycles. The van der Waals surface area contributed by atoms with Crippen molar-refractivity contribution in [2.45, 2.75) is 6.92 Å². The molecule has 0 aliphatic rings. The standard InChI is InChI=1S/C16H16O4/c1-10-8-11(4-7-15(10)19-2)13-6-5-12(17)9-14(13)16(18)20-3/h4-9,17H,1-3H3. The van der Waals surface area contributed by atoms with Gasteiger partial charge in [-0.15, -0.1) is 0 Å². The third-order valence-corrected chi connectivity index (χ3v) is 3.11. The Morgan fingerprint density at radius 3 is 2.45 bits per heavy atom. The van der Waals surface area contributed by atoms with Crippen LogP contribution in [0, 0.1) is 6.92 Å². The third kappa shape index (κ3) is 2.59. The zero-order valence-corrected chi connectivity index (χ0v) is 11.6. The molecule has 20 heavy (non-hydrogen) atoms. The minimum atomic E-state index is -0.482. The van der Waals surface area contributed by atoms with E-state index in [1.54, 1.807) is 19.2 Å². The summed E-state index contributed by atoms with van der Waals surface area (Å²) in [4.78, 5) is 11.8. The summed E-state index contributed by atoms with van der Waals surface area (Å²) in [7, 11) is 2.93. The number of phenolic OH excluding ortho intramolecular Hbond substituents is 1. The zero-order chi connectivity index (χ0) is 14.7. The fourth-order valence-corrected chi connectivity index (χ4v) is 2.11. The van der Waals surface area contributed by atoms with Crippen LogP contribution in [0.4, 0.5) is 0 Å². The van der Waals surface area contributed by atoms with Crippen molar-refractivity contribution >= 4 is 5.97 Å². The first-order chi connectivity index (χ1) is 9.56. The zero-order valence-electron chi connectivity index (χ0n) is 11.6. The van der Waals surface area contributed by atoms with E-state index in [9.17, 15) is 9.90 Å². The molecule has 2 aromatic carbocycles. The average Bonchev–Trinajstić information content (AvgIpc) is 2.46. The molecule has 0 unspecified atom stereocenters. The number of carbonyl (C=O) groups is 1. The van der Waals surface area contributed by atoms with Gasteiger partial charge in [-0.05, 0) is 53.9 Å². The van der Waals surface area contributed by atoms with Crippen molar-refractivity contribution in [1.29, 1.82) is 0 Å². The Kier molecular flexibility index (Phi) is 3.94. The third-order valence-electron chi connectivity index (χ3n) is 3.11. The minimum absolute atomic E-state index is 0.0272. The van der Waals surface area contributed by atoms with E-state index < -0.39 is 5.97 Å². The summed E-state index contributed by atoms with van der Waals surface area (Å²) in [5, 5.41) is 9.54. The van der Waals surface area contributed by atoms with Crippen molar-refractivity contribution in [3.63, 3.8) is 0 Å². The van der Waals surface area contributed by atoms with Gasteiger partial charge in [0.25, 0.3) is 0 Å². The molecule has 0 bridgehead atoms. The average molecular weight is 272 g/mol. The van der Waals surface area contributed by atoms with Crippen LogP contribution in [0.15, 0.2) is 36.4 Å². The molecule has 0 fully saturated rings. The van der Waals surface area contributed by atoms with Gasteiger partial charge >= 0.3 is 5.97 Å². The van der Waals surface area contributed by atoms with Crippen LogP contribution in [0.5, 0.6) is 11.5 Å². The van der Waals surface area contributed by atoms with E-state index in [2.05, 4.69) is 0 Å². The second-order valence-corrected chi connectivity index (χ2v) is 4.41. The summed E-state index contributed by atoms with van der Waals surface area (Å²) in [5.41, 5.74) is 2.87. The van der Waals surface area contributed by atoms with E-state index in [-0.39, 0.29) is 5.75 Å². The summed E-state index contributed by atoms with van der Waals surface area (Å²) < 4.78 is 9.98. The first-order valence-electron chi connectivity index (χ1n) is 6.13. The number of methoxy groups -OCH3 is 2. The summed E-state index contributed by atoms with van der Waals surface area (Å²) >= 11 is 0. The quantitative estimate of drug-likeness (QED) is 0.872. The molecule has 1 N–H and O–H groups in total. The van der Waals surface area contributed by atoms with Gasteiger partial charge in [-0.1, -0.05) is 6.07 Å². The first-order valence-corrected chi connectivity index (χ1v) is 6.13. The second-order valence-electron chi connectivity index (χ2n) is 4.41. The largest absolute Gasteiger partial charge is 0.508 e. The number of aryl methyl sites for hydroxylation is 1. The van der Waals surface area contributed by atoms with E-state index in [0.29, 0.717) is 11.1 Å². The van der Waals surface area contributed by atoms with Crippen LogP contribution in [0.2, 0.25) is 0 Å². The van der Waals surface area contributed by atoms with Crippen LogP contribution >= 0.6 is 0 Å². The fourth-order valence-electron chi connectivity index (χ4n) is 2.11. The van der Waals surface area contributed by atoms with Crippen molar-refractivity contribution in [3.8, 4) is 22.6 Å². The highest BCUT2D eigenvalue weighted by Crippen LogP contribution is 2.30. The van der Waals surface area contributed by atoms with Crippen LogP contribution < -0.4 is 4.74 Å². The smallest absolute Gasteiger partial charge is 0.338 e. The lowest BCUT2D eigenvalue weighted by molar-refractivity contribution is 0.0601. The number of esters is 1. The number of carbonyl (C=O) groups excluding carboxylic acids is 1. The van der Waals surface area contributed by atoms with Crippen molar-refractivity contribution in [3.05, 3.63) is 47.5 Å². The molecule has 0 amide bonds. The van der Waals surface area contributed by atoms with Gasteiger partial charge in [-0.25, -0.2) is 4.79 Å². The molecule has 0 aromatic heterocycles. The van der Waals surface area contributed by atoms with Gasteiger partial charge in [-0.3, -0.25) is 0 Å². The maximum Gasteiger partial charge on any atom is 0.338 e. The lowest BCUT2D eigenvalue weighted by Crippen LogP contribution is -2.03. The number of ether oxygens (including phenoxy) is 2. The number of rotatable bonds is 3.